The molecular weight excluding hydrogens is 390 g/mol. The van der Waals surface area contributed by atoms with Gasteiger partial charge in [-0.2, -0.15) is 0 Å². The molecule has 2 N–H and O–H groups in total. The number of aromatic nitrogens is 3. The van der Waals surface area contributed by atoms with E-state index in [9.17, 15) is 0 Å². The molecule has 4 heterocycles. The summed E-state index contributed by atoms with van der Waals surface area (Å²) in [5.74, 6) is 1.68. The molecule has 0 radical (unpaired) electrons. The molecule has 0 unspecified atom stereocenters. The third-order valence-electron chi connectivity index (χ3n) is 5.97. The van der Waals surface area contributed by atoms with E-state index < -0.39 is 0 Å². The maximum Gasteiger partial charge on any atom is 0.164 e. The molecule has 0 amide bonds. The van der Waals surface area contributed by atoms with Crippen molar-refractivity contribution in [3.05, 3.63) is 60.2 Å². The van der Waals surface area contributed by atoms with Crippen LogP contribution in [0.5, 0.6) is 0 Å². The fraction of sp³-hybridized carbons (Fsp3) is 0.292. The second kappa shape index (κ2) is 8.50. The van der Waals surface area contributed by atoms with Crippen LogP contribution in [0.4, 0.5) is 5.82 Å². The lowest BCUT2D eigenvalue weighted by Gasteiger charge is -2.29. The minimum absolute atomic E-state index is 0.448. The number of nitrogens with one attached hydrogen (secondary N) is 2. The van der Waals surface area contributed by atoms with Crippen LogP contribution in [-0.4, -0.2) is 40.6 Å². The molecule has 6 heteroatoms. The molecule has 0 spiro atoms. The van der Waals surface area contributed by atoms with Gasteiger partial charge in [-0.1, -0.05) is 30.3 Å². The van der Waals surface area contributed by atoms with Crippen molar-refractivity contribution in [1.29, 1.82) is 0 Å². The van der Waals surface area contributed by atoms with Gasteiger partial charge in [0.2, 0.25) is 0 Å². The summed E-state index contributed by atoms with van der Waals surface area (Å²) in [6.07, 6.45) is 5.95. The van der Waals surface area contributed by atoms with Crippen LogP contribution in [-0.2, 0) is 0 Å². The number of benzene rings is 1. The van der Waals surface area contributed by atoms with Crippen molar-refractivity contribution in [2.75, 3.05) is 25.0 Å². The van der Waals surface area contributed by atoms with Gasteiger partial charge in [0.05, 0.1) is 25.0 Å². The summed E-state index contributed by atoms with van der Waals surface area (Å²) >= 11 is 1.68. The molecule has 1 aliphatic rings. The lowest BCUT2D eigenvalue weighted by Crippen LogP contribution is -3.13. The molecule has 5 nitrogen and oxygen atoms in total. The first-order chi connectivity index (χ1) is 14.8. The van der Waals surface area contributed by atoms with Gasteiger partial charge in [0.15, 0.2) is 5.82 Å². The summed E-state index contributed by atoms with van der Waals surface area (Å²) in [5, 5.41) is 7.13. The van der Waals surface area contributed by atoms with E-state index in [1.165, 1.54) is 43.6 Å². The summed E-state index contributed by atoms with van der Waals surface area (Å²) in [6, 6.07) is 14.9. The van der Waals surface area contributed by atoms with Crippen LogP contribution < -0.4 is 10.2 Å². The second-order valence-electron chi connectivity index (χ2n) is 7.86. The van der Waals surface area contributed by atoms with E-state index in [0.717, 1.165) is 27.4 Å². The molecule has 1 aromatic carbocycles. The molecule has 0 saturated carbocycles. The van der Waals surface area contributed by atoms with Gasteiger partial charge in [-0.05, 0) is 24.6 Å². The minimum Gasteiger partial charge on any atom is -0.366 e. The Hall–Kier alpha value is -2.83. The van der Waals surface area contributed by atoms with Gasteiger partial charge in [0.1, 0.15) is 10.6 Å². The van der Waals surface area contributed by atoms with Crippen LogP contribution in [0, 0.1) is 0 Å². The van der Waals surface area contributed by atoms with Gasteiger partial charge in [-0.25, -0.2) is 9.97 Å². The molecule has 4 aromatic rings. The van der Waals surface area contributed by atoms with E-state index in [0.29, 0.717) is 6.04 Å². The Morgan fingerprint density at radius 2 is 1.83 bits per heavy atom. The van der Waals surface area contributed by atoms with Crippen molar-refractivity contribution >= 4 is 27.4 Å². The highest BCUT2D eigenvalue weighted by molar-refractivity contribution is 7.17. The molecule has 5 rings (SSSR count). The summed E-state index contributed by atoms with van der Waals surface area (Å²) in [4.78, 5) is 16.9. The standard InChI is InChI=1S/C24H25N5S/c1-2-29-13-10-19(11-14-29)26-23-21-20(17-7-4-3-5-8-17)16-30-24(21)28-22(27-23)18-9-6-12-25-15-18/h3-9,12,15-16,19H,2,10-11,13-14H2,1H3,(H,26,27,28)/p+1. The number of anilines is 1. The van der Waals surface area contributed by atoms with Crippen LogP contribution in [0.3, 0.4) is 0 Å². The molecular formula is C24H26N5S+. The van der Waals surface area contributed by atoms with E-state index in [1.54, 1.807) is 22.4 Å². The molecule has 1 aliphatic heterocycles. The summed E-state index contributed by atoms with van der Waals surface area (Å²) in [6.45, 7) is 5.91. The van der Waals surface area contributed by atoms with Crippen molar-refractivity contribution in [2.45, 2.75) is 25.8 Å². The number of thiophene rings is 1. The summed E-state index contributed by atoms with van der Waals surface area (Å²) < 4.78 is 0. The Bertz CT molecular complexity index is 1120. The Morgan fingerprint density at radius 3 is 2.57 bits per heavy atom. The predicted molar refractivity (Wildman–Crippen MR) is 124 cm³/mol. The topological polar surface area (TPSA) is 55.1 Å². The quantitative estimate of drug-likeness (QED) is 0.518. The number of rotatable bonds is 5. The number of piperidine rings is 1. The lowest BCUT2D eigenvalue weighted by molar-refractivity contribution is -0.903. The molecule has 0 aliphatic carbocycles. The predicted octanol–water partition coefficient (Wildman–Crippen LogP) is 3.90. The largest absolute Gasteiger partial charge is 0.366 e. The van der Waals surface area contributed by atoms with Gasteiger partial charge in [0, 0.05) is 47.8 Å². The second-order valence-corrected chi connectivity index (χ2v) is 8.71. The number of quaternary nitrogens is 1. The molecule has 1 saturated heterocycles. The molecule has 1 fully saturated rings. The molecule has 3 aromatic heterocycles. The Balaban J connectivity index is 1.58. The van der Waals surface area contributed by atoms with Gasteiger partial charge in [-0.3, -0.25) is 4.98 Å². The summed E-state index contributed by atoms with van der Waals surface area (Å²) in [7, 11) is 0. The number of nitrogens with zero attached hydrogens (tertiary/aromatic N) is 3. The normalized spacial score (nSPS) is 19.1. The first-order valence-corrected chi connectivity index (χ1v) is 11.5. The van der Waals surface area contributed by atoms with Crippen molar-refractivity contribution in [1.82, 2.24) is 15.0 Å². The fourth-order valence-electron chi connectivity index (χ4n) is 4.22. The number of hydrogen-bond donors (Lipinski definition) is 2. The zero-order valence-corrected chi connectivity index (χ0v) is 18.0. The van der Waals surface area contributed by atoms with Crippen LogP contribution >= 0.6 is 11.3 Å². The first-order valence-electron chi connectivity index (χ1n) is 10.7. The van der Waals surface area contributed by atoms with Crippen LogP contribution in [0.25, 0.3) is 32.7 Å². The van der Waals surface area contributed by atoms with Crippen molar-refractivity contribution in [3.63, 3.8) is 0 Å². The van der Waals surface area contributed by atoms with E-state index in [1.807, 2.05) is 18.3 Å². The van der Waals surface area contributed by atoms with Crippen molar-refractivity contribution < 1.29 is 4.90 Å². The lowest BCUT2D eigenvalue weighted by atomic mass is 10.0. The minimum atomic E-state index is 0.448. The fourth-order valence-corrected chi connectivity index (χ4v) is 5.16. The number of likely N-dealkylation sites (tertiary alicyclic amines) is 1. The van der Waals surface area contributed by atoms with Crippen molar-refractivity contribution in [2.24, 2.45) is 0 Å². The highest BCUT2D eigenvalue weighted by Gasteiger charge is 2.23. The van der Waals surface area contributed by atoms with E-state index in [-0.39, 0.29) is 0 Å². The SMILES string of the molecule is CC[NH+]1CCC(Nc2nc(-c3cccnc3)nc3scc(-c4ccccc4)c23)CC1. The van der Waals surface area contributed by atoms with Gasteiger partial charge in [-0.15, -0.1) is 11.3 Å². The third kappa shape index (κ3) is 3.80. The van der Waals surface area contributed by atoms with Gasteiger partial charge in [0.25, 0.3) is 0 Å². The maximum atomic E-state index is 5.00. The van der Waals surface area contributed by atoms with Crippen molar-refractivity contribution in [3.8, 4) is 22.5 Å². The highest BCUT2D eigenvalue weighted by atomic mass is 32.1. The molecule has 0 atom stereocenters. The first kappa shape index (κ1) is 19.2. The highest BCUT2D eigenvalue weighted by Crippen LogP contribution is 2.38. The van der Waals surface area contributed by atoms with E-state index in [2.05, 4.69) is 52.9 Å². The monoisotopic (exact) mass is 416 g/mol. The van der Waals surface area contributed by atoms with E-state index in [4.69, 9.17) is 9.97 Å². The molecule has 0 bridgehead atoms. The average molecular weight is 417 g/mol. The van der Waals surface area contributed by atoms with Crippen LogP contribution in [0.1, 0.15) is 19.8 Å². The van der Waals surface area contributed by atoms with Gasteiger partial charge >= 0.3 is 0 Å². The average Bonchev–Trinajstić information content (AvgIpc) is 3.25. The molecule has 30 heavy (non-hydrogen) atoms. The zero-order valence-electron chi connectivity index (χ0n) is 17.1. The third-order valence-corrected chi connectivity index (χ3v) is 6.84. The smallest absolute Gasteiger partial charge is 0.164 e. The van der Waals surface area contributed by atoms with Gasteiger partial charge < -0.3 is 10.2 Å². The Morgan fingerprint density at radius 1 is 1.03 bits per heavy atom. The number of fused-ring (bicyclic) bond motifs is 1. The zero-order chi connectivity index (χ0) is 20.3. The number of hydrogen-bond acceptors (Lipinski definition) is 5. The number of pyridine rings is 1. The molecule has 152 valence electrons. The Labute approximate surface area is 180 Å². The van der Waals surface area contributed by atoms with E-state index >= 15 is 0 Å². The summed E-state index contributed by atoms with van der Waals surface area (Å²) in [5.41, 5.74) is 3.35. The maximum absolute atomic E-state index is 5.00. The van der Waals surface area contributed by atoms with Crippen LogP contribution in [0.15, 0.2) is 60.2 Å². The Kier molecular flexibility index (Phi) is 5.43. The van der Waals surface area contributed by atoms with Crippen LogP contribution in [0.2, 0.25) is 0 Å².